The number of amides is 1. The molecule has 2 aromatic carbocycles. The van der Waals surface area contributed by atoms with Crippen LogP contribution < -0.4 is 0 Å². The molecule has 0 unspecified atom stereocenters. The van der Waals surface area contributed by atoms with Gasteiger partial charge in [0.25, 0.3) is 0 Å². The Morgan fingerprint density at radius 3 is 2.59 bits per heavy atom. The molecule has 1 aromatic heterocycles. The van der Waals surface area contributed by atoms with Crippen LogP contribution in [0.5, 0.6) is 0 Å². The van der Waals surface area contributed by atoms with Crippen LogP contribution in [0.15, 0.2) is 61.1 Å². The lowest BCUT2D eigenvalue weighted by molar-refractivity contribution is -0.00170. The average Bonchev–Trinajstić information content (AvgIpc) is 3.39. The molecule has 174 valence electrons. The number of ether oxygens (including phenoxy) is 1. The van der Waals surface area contributed by atoms with Gasteiger partial charge in [-0.1, -0.05) is 54.1 Å². The number of imidazole rings is 1. The van der Waals surface area contributed by atoms with Crippen LogP contribution in [0.2, 0.25) is 0 Å². The van der Waals surface area contributed by atoms with Crippen LogP contribution in [0, 0.1) is 13.5 Å². The third kappa shape index (κ3) is 4.82. The van der Waals surface area contributed by atoms with Crippen molar-refractivity contribution in [2.75, 3.05) is 19.6 Å². The molecule has 2 saturated heterocycles. The van der Waals surface area contributed by atoms with Gasteiger partial charge in [0.2, 0.25) is 0 Å². The molecule has 3 aromatic rings. The Balaban J connectivity index is 1.17. The van der Waals surface area contributed by atoms with E-state index in [1.807, 2.05) is 47.8 Å². The number of piperidine rings is 1. The van der Waals surface area contributed by atoms with E-state index in [1.54, 1.807) is 0 Å². The van der Waals surface area contributed by atoms with Crippen molar-refractivity contribution in [3.8, 4) is 0 Å². The highest BCUT2D eigenvalue weighted by Gasteiger charge is 2.46. The summed E-state index contributed by atoms with van der Waals surface area (Å²) in [4.78, 5) is 24.7. The summed E-state index contributed by atoms with van der Waals surface area (Å²) in [5.74, 6) is 0. The third-order valence-corrected chi connectivity index (χ3v) is 6.87. The normalized spacial score (nSPS) is 17.6. The van der Waals surface area contributed by atoms with Crippen LogP contribution in [-0.2, 0) is 24.4 Å². The number of aromatic nitrogens is 2. The van der Waals surface area contributed by atoms with Gasteiger partial charge in [0, 0.05) is 51.8 Å². The van der Waals surface area contributed by atoms with E-state index in [4.69, 9.17) is 11.3 Å². The summed E-state index contributed by atoms with van der Waals surface area (Å²) in [7, 11) is 0. The monoisotopic (exact) mass is 455 g/mol. The number of carbonyl (C=O) groups excluding carboxylic acids is 1. The van der Waals surface area contributed by atoms with Gasteiger partial charge < -0.3 is 9.30 Å². The van der Waals surface area contributed by atoms with Crippen molar-refractivity contribution in [2.24, 2.45) is 0 Å². The zero-order valence-electron chi connectivity index (χ0n) is 19.5. The lowest BCUT2D eigenvalue weighted by Gasteiger charge is -2.37. The number of hydrogen-bond donors (Lipinski definition) is 0. The fourth-order valence-electron chi connectivity index (χ4n) is 4.95. The van der Waals surface area contributed by atoms with Gasteiger partial charge in [-0.05, 0) is 18.1 Å². The molecule has 0 atom stereocenters. The van der Waals surface area contributed by atoms with Crippen LogP contribution >= 0.6 is 0 Å². The highest BCUT2D eigenvalue weighted by Crippen LogP contribution is 2.34. The molecule has 7 heteroatoms. The van der Waals surface area contributed by atoms with Gasteiger partial charge in [-0.3, -0.25) is 9.80 Å². The maximum Gasteiger partial charge on any atom is 0.410 e. The summed E-state index contributed by atoms with van der Waals surface area (Å²) in [6.07, 6.45) is 5.28. The highest BCUT2D eigenvalue weighted by atomic mass is 16.6. The lowest BCUT2D eigenvalue weighted by Crippen LogP contribution is -2.46. The zero-order valence-corrected chi connectivity index (χ0v) is 19.5. The van der Waals surface area contributed by atoms with Crippen molar-refractivity contribution in [1.82, 2.24) is 19.4 Å². The minimum atomic E-state index is -0.373. The predicted octanol–water partition coefficient (Wildman–Crippen LogP) is 4.78. The molecule has 34 heavy (non-hydrogen) atoms. The van der Waals surface area contributed by atoms with Crippen molar-refractivity contribution in [2.45, 2.75) is 45.0 Å². The summed E-state index contributed by atoms with van der Waals surface area (Å²) in [5.41, 5.74) is 4.94. The molecule has 0 aliphatic carbocycles. The smallest absolute Gasteiger partial charge is 0.410 e. The first-order chi connectivity index (χ1) is 16.5. The van der Waals surface area contributed by atoms with Gasteiger partial charge >= 0.3 is 6.09 Å². The first kappa shape index (κ1) is 22.2. The minimum Gasteiger partial charge on any atom is -0.441 e. The van der Waals surface area contributed by atoms with Crippen molar-refractivity contribution in [3.05, 3.63) is 94.9 Å². The number of rotatable bonds is 6. The summed E-state index contributed by atoms with van der Waals surface area (Å²) in [6, 6.07) is 16.0. The summed E-state index contributed by atoms with van der Waals surface area (Å²) >= 11 is 0. The van der Waals surface area contributed by atoms with E-state index in [1.165, 1.54) is 5.56 Å². The Hall–Kier alpha value is -3.63. The lowest BCUT2D eigenvalue weighted by atomic mass is 9.91. The number of benzene rings is 2. The number of hydrogen-bond acceptors (Lipinski definition) is 4. The van der Waals surface area contributed by atoms with E-state index < -0.39 is 0 Å². The molecule has 0 saturated carbocycles. The van der Waals surface area contributed by atoms with Crippen LogP contribution in [0.1, 0.15) is 35.2 Å². The Morgan fingerprint density at radius 1 is 1.06 bits per heavy atom. The molecule has 0 radical (unpaired) electrons. The fraction of sp³-hybridized carbons (Fsp3) is 0.370. The highest BCUT2D eigenvalue weighted by molar-refractivity contribution is 5.70. The summed E-state index contributed by atoms with van der Waals surface area (Å²) in [5, 5.41) is 0. The topological polar surface area (TPSA) is 55.0 Å². The van der Waals surface area contributed by atoms with E-state index in [2.05, 4.69) is 44.4 Å². The minimum absolute atomic E-state index is 0.197. The Labute approximate surface area is 200 Å². The van der Waals surface area contributed by atoms with Crippen molar-refractivity contribution in [1.29, 1.82) is 0 Å². The maximum atomic E-state index is 12.6. The van der Waals surface area contributed by atoms with E-state index in [-0.39, 0.29) is 11.7 Å². The van der Waals surface area contributed by atoms with Crippen LogP contribution in [0.25, 0.3) is 4.85 Å². The first-order valence-electron chi connectivity index (χ1n) is 11.7. The van der Waals surface area contributed by atoms with Crippen molar-refractivity contribution >= 4 is 11.8 Å². The summed E-state index contributed by atoms with van der Waals surface area (Å²) in [6.45, 7) is 13.8. The SMILES string of the molecule is [C-]#[N+]c1ccc(Cn2cncc2CN2CCC3(CC2)CN(Cc2cccc(C)c2)C(=O)O3)cc1. The number of nitrogens with zero attached hydrogens (tertiary/aromatic N) is 5. The van der Waals surface area contributed by atoms with Crippen molar-refractivity contribution < 1.29 is 9.53 Å². The van der Waals surface area contributed by atoms with Gasteiger partial charge in [-0.25, -0.2) is 14.6 Å². The van der Waals surface area contributed by atoms with Gasteiger partial charge in [-0.15, -0.1) is 0 Å². The largest absolute Gasteiger partial charge is 0.441 e. The molecular weight excluding hydrogens is 426 g/mol. The third-order valence-electron chi connectivity index (χ3n) is 6.87. The number of carbonyl (C=O) groups is 1. The van der Waals surface area contributed by atoms with Crippen LogP contribution in [0.4, 0.5) is 10.5 Å². The van der Waals surface area contributed by atoms with Gasteiger partial charge in [0.15, 0.2) is 5.69 Å². The Bertz CT molecular complexity index is 1200. The fourth-order valence-corrected chi connectivity index (χ4v) is 4.95. The quantitative estimate of drug-likeness (QED) is 0.502. The van der Waals surface area contributed by atoms with Gasteiger partial charge in [0.05, 0.1) is 25.1 Å². The van der Waals surface area contributed by atoms with E-state index in [9.17, 15) is 4.79 Å². The Morgan fingerprint density at radius 2 is 1.85 bits per heavy atom. The average molecular weight is 456 g/mol. The maximum absolute atomic E-state index is 12.6. The molecule has 2 aliphatic rings. The molecule has 1 amide bonds. The molecule has 0 N–H and O–H groups in total. The second kappa shape index (κ2) is 9.32. The molecule has 0 bridgehead atoms. The van der Waals surface area contributed by atoms with E-state index in [0.29, 0.717) is 18.8 Å². The zero-order chi connectivity index (χ0) is 23.5. The molecule has 5 rings (SSSR count). The molecule has 2 aliphatic heterocycles. The van der Waals surface area contributed by atoms with E-state index in [0.717, 1.165) is 55.8 Å². The first-order valence-corrected chi connectivity index (χ1v) is 11.7. The van der Waals surface area contributed by atoms with Crippen LogP contribution in [-0.4, -0.2) is 50.7 Å². The van der Waals surface area contributed by atoms with Crippen LogP contribution in [0.3, 0.4) is 0 Å². The molecule has 1 spiro atoms. The summed E-state index contributed by atoms with van der Waals surface area (Å²) < 4.78 is 8.09. The standard InChI is InChI=1S/C27H29N5O2/c1-21-4-3-5-23(14-21)17-31-19-27(34-26(31)33)10-12-30(13-11-27)18-25-15-29-20-32(25)16-22-6-8-24(28-2)9-7-22/h3-9,14-15,20H,10-13,16-19H2,1H3. The second-order valence-electron chi connectivity index (χ2n) is 9.46. The number of likely N-dealkylation sites (tertiary alicyclic amines) is 1. The van der Waals surface area contributed by atoms with Crippen molar-refractivity contribution in [3.63, 3.8) is 0 Å². The molecule has 7 nitrogen and oxygen atoms in total. The predicted molar refractivity (Wildman–Crippen MR) is 129 cm³/mol. The molecule has 2 fully saturated rings. The van der Waals surface area contributed by atoms with Gasteiger partial charge in [0.1, 0.15) is 5.60 Å². The van der Waals surface area contributed by atoms with E-state index >= 15 is 0 Å². The van der Waals surface area contributed by atoms with Gasteiger partial charge in [-0.2, -0.15) is 0 Å². The number of aryl methyl sites for hydroxylation is 1. The Kier molecular flexibility index (Phi) is 6.08. The second-order valence-corrected chi connectivity index (χ2v) is 9.46. The molecular formula is C27H29N5O2. The molecule has 3 heterocycles.